The van der Waals surface area contributed by atoms with Crippen LogP contribution in [0.5, 0.6) is 5.75 Å². The lowest BCUT2D eigenvalue weighted by Crippen LogP contribution is -2.13. The van der Waals surface area contributed by atoms with Crippen LogP contribution in [0.15, 0.2) is 30.3 Å². The van der Waals surface area contributed by atoms with Crippen LogP contribution < -0.4 is 10.1 Å². The van der Waals surface area contributed by atoms with E-state index in [1.807, 2.05) is 13.0 Å². The number of thiophene rings is 1. The normalized spacial score (nSPS) is 10.4. The molecule has 0 saturated carbocycles. The minimum Gasteiger partial charge on any atom is -0.494 e. The standard InChI is InChI=1S/C19H23NO4S/c1-4-7-15-12-16(19(22)23-3)18(25-15)20-17(21)13-8-6-9-14(11-13)24-10-5-2/h6,8-9,11-12H,4-5,7,10H2,1-3H3,(H,20,21). The van der Waals surface area contributed by atoms with Crippen LogP contribution in [0.2, 0.25) is 0 Å². The first-order valence-electron chi connectivity index (χ1n) is 8.34. The predicted octanol–water partition coefficient (Wildman–Crippen LogP) is 4.53. The van der Waals surface area contributed by atoms with Crippen molar-refractivity contribution in [2.24, 2.45) is 0 Å². The van der Waals surface area contributed by atoms with Crippen molar-refractivity contribution in [2.45, 2.75) is 33.1 Å². The number of benzene rings is 1. The molecular formula is C19H23NO4S. The Morgan fingerprint density at radius 2 is 1.96 bits per heavy atom. The number of anilines is 1. The number of carbonyl (C=O) groups is 2. The van der Waals surface area contributed by atoms with E-state index in [2.05, 4.69) is 12.2 Å². The fourth-order valence-corrected chi connectivity index (χ4v) is 3.43. The zero-order valence-corrected chi connectivity index (χ0v) is 15.6. The van der Waals surface area contributed by atoms with Crippen molar-refractivity contribution in [3.63, 3.8) is 0 Å². The van der Waals surface area contributed by atoms with Crippen LogP contribution in [0.4, 0.5) is 5.00 Å². The Hall–Kier alpha value is -2.34. The number of carbonyl (C=O) groups excluding carboxylic acids is 2. The number of aryl methyl sites for hydroxylation is 1. The quantitative estimate of drug-likeness (QED) is 0.702. The third kappa shape index (κ3) is 5.06. The first-order valence-corrected chi connectivity index (χ1v) is 9.15. The fourth-order valence-electron chi connectivity index (χ4n) is 2.29. The van der Waals surface area contributed by atoms with E-state index < -0.39 is 5.97 Å². The maximum atomic E-state index is 12.6. The number of hydrogen-bond acceptors (Lipinski definition) is 5. The summed E-state index contributed by atoms with van der Waals surface area (Å²) in [5.74, 6) is -0.0773. The van der Waals surface area contributed by atoms with Crippen molar-refractivity contribution >= 4 is 28.2 Å². The van der Waals surface area contributed by atoms with Crippen LogP contribution >= 0.6 is 11.3 Å². The molecule has 1 N–H and O–H groups in total. The second kappa shape index (κ2) is 9.22. The third-order valence-corrected chi connectivity index (χ3v) is 4.59. The van der Waals surface area contributed by atoms with Gasteiger partial charge in [-0.25, -0.2) is 4.79 Å². The summed E-state index contributed by atoms with van der Waals surface area (Å²) < 4.78 is 10.4. The van der Waals surface area contributed by atoms with Gasteiger partial charge in [0.2, 0.25) is 0 Å². The number of rotatable bonds is 8. The summed E-state index contributed by atoms with van der Waals surface area (Å²) in [7, 11) is 1.33. The van der Waals surface area contributed by atoms with Gasteiger partial charge in [-0.1, -0.05) is 26.3 Å². The minimum atomic E-state index is -0.450. The molecule has 0 spiro atoms. The molecule has 0 bridgehead atoms. The smallest absolute Gasteiger partial charge is 0.340 e. The Bertz CT molecular complexity index is 739. The van der Waals surface area contributed by atoms with Gasteiger partial charge < -0.3 is 14.8 Å². The molecule has 0 aliphatic rings. The van der Waals surface area contributed by atoms with Crippen molar-refractivity contribution in [1.82, 2.24) is 0 Å². The molecule has 5 nitrogen and oxygen atoms in total. The summed E-state index contributed by atoms with van der Waals surface area (Å²) >= 11 is 1.40. The zero-order chi connectivity index (χ0) is 18.2. The van der Waals surface area contributed by atoms with Gasteiger partial charge in [-0.2, -0.15) is 0 Å². The van der Waals surface area contributed by atoms with Gasteiger partial charge in [0.1, 0.15) is 10.8 Å². The average molecular weight is 361 g/mol. The maximum Gasteiger partial charge on any atom is 0.340 e. The lowest BCUT2D eigenvalue weighted by molar-refractivity contribution is 0.0602. The number of hydrogen-bond donors (Lipinski definition) is 1. The van der Waals surface area contributed by atoms with Gasteiger partial charge in [0.15, 0.2) is 0 Å². The van der Waals surface area contributed by atoms with E-state index in [9.17, 15) is 9.59 Å². The molecule has 1 amide bonds. The monoisotopic (exact) mass is 361 g/mol. The number of amides is 1. The predicted molar refractivity (Wildman–Crippen MR) is 99.8 cm³/mol. The van der Waals surface area contributed by atoms with E-state index in [0.717, 1.165) is 24.1 Å². The summed E-state index contributed by atoms with van der Waals surface area (Å²) in [4.78, 5) is 25.6. The highest BCUT2D eigenvalue weighted by Gasteiger charge is 2.19. The van der Waals surface area contributed by atoms with Crippen LogP contribution in [0.1, 0.15) is 52.3 Å². The average Bonchev–Trinajstić information content (AvgIpc) is 3.02. The van der Waals surface area contributed by atoms with E-state index in [1.165, 1.54) is 18.4 Å². The molecule has 1 heterocycles. The fraction of sp³-hybridized carbons (Fsp3) is 0.368. The Morgan fingerprint density at radius 3 is 2.64 bits per heavy atom. The summed E-state index contributed by atoms with van der Waals surface area (Å²) in [6, 6.07) is 8.79. The van der Waals surface area contributed by atoms with Crippen LogP contribution in [-0.4, -0.2) is 25.6 Å². The molecule has 0 fully saturated rings. The molecule has 6 heteroatoms. The number of nitrogens with one attached hydrogen (secondary N) is 1. The number of ether oxygens (including phenoxy) is 2. The second-order valence-corrected chi connectivity index (χ2v) is 6.66. The zero-order valence-electron chi connectivity index (χ0n) is 14.8. The van der Waals surface area contributed by atoms with Gasteiger partial charge >= 0.3 is 5.97 Å². The second-order valence-electron chi connectivity index (χ2n) is 5.53. The van der Waals surface area contributed by atoms with Crippen molar-refractivity contribution in [3.05, 3.63) is 46.3 Å². The van der Waals surface area contributed by atoms with Crippen LogP contribution in [0.3, 0.4) is 0 Å². The van der Waals surface area contributed by atoms with Crippen molar-refractivity contribution in [2.75, 3.05) is 19.0 Å². The third-order valence-electron chi connectivity index (χ3n) is 3.48. The largest absolute Gasteiger partial charge is 0.494 e. The topological polar surface area (TPSA) is 64.6 Å². The molecule has 25 heavy (non-hydrogen) atoms. The number of methoxy groups -OCH3 is 1. The Morgan fingerprint density at radius 1 is 1.16 bits per heavy atom. The first kappa shape index (κ1) is 19.0. The molecule has 0 atom stereocenters. The lowest BCUT2D eigenvalue weighted by atomic mass is 10.2. The molecule has 2 rings (SSSR count). The first-order chi connectivity index (χ1) is 12.1. The Labute approximate surface area is 152 Å². The van der Waals surface area contributed by atoms with E-state index in [0.29, 0.717) is 28.5 Å². The van der Waals surface area contributed by atoms with Gasteiger partial charge in [-0.05, 0) is 37.1 Å². The van der Waals surface area contributed by atoms with Crippen LogP contribution in [0.25, 0.3) is 0 Å². The highest BCUT2D eigenvalue weighted by molar-refractivity contribution is 7.16. The maximum absolute atomic E-state index is 12.6. The molecule has 2 aromatic rings. The van der Waals surface area contributed by atoms with Gasteiger partial charge in [0, 0.05) is 10.4 Å². The van der Waals surface area contributed by atoms with Crippen LogP contribution in [0, 0.1) is 0 Å². The van der Waals surface area contributed by atoms with E-state index in [1.54, 1.807) is 24.3 Å². The minimum absolute atomic E-state index is 0.281. The molecule has 0 radical (unpaired) electrons. The molecule has 1 aromatic carbocycles. The van der Waals surface area contributed by atoms with Gasteiger partial charge in [0.25, 0.3) is 5.91 Å². The summed E-state index contributed by atoms with van der Waals surface area (Å²) in [6.07, 6.45) is 2.71. The van der Waals surface area contributed by atoms with Crippen molar-refractivity contribution < 1.29 is 19.1 Å². The summed E-state index contributed by atoms with van der Waals surface area (Å²) in [6.45, 7) is 4.69. The Balaban J connectivity index is 2.20. The van der Waals surface area contributed by atoms with Crippen LogP contribution in [-0.2, 0) is 11.2 Å². The molecular weight excluding hydrogens is 338 g/mol. The molecule has 0 saturated heterocycles. The molecule has 1 aromatic heterocycles. The SMILES string of the molecule is CCCOc1cccc(C(=O)Nc2sc(CCC)cc2C(=O)OC)c1. The molecule has 0 unspecified atom stereocenters. The lowest BCUT2D eigenvalue weighted by Gasteiger charge is -2.08. The summed E-state index contributed by atoms with van der Waals surface area (Å²) in [5, 5.41) is 3.34. The van der Waals surface area contributed by atoms with Gasteiger partial charge in [-0.15, -0.1) is 11.3 Å². The molecule has 134 valence electrons. The van der Waals surface area contributed by atoms with Crippen molar-refractivity contribution in [1.29, 1.82) is 0 Å². The molecule has 0 aliphatic carbocycles. The highest BCUT2D eigenvalue weighted by Crippen LogP contribution is 2.30. The van der Waals surface area contributed by atoms with E-state index in [-0.39, 0.29) is 5.91 Å². The van der Waals surface area contributed by atoms with E-state index >= 15 is 0 Å². The van der Waals surface area contributed by atoms with Gasteiger partial charge in [-0.3, -0.25) is 4.79 Å². The summed E-state index contributed by atoms with van der Waals surface area (Å²) in [5.41, 5.74) is 0.873. The van der Waals surface area contributed by atoms with Crippen molar-refractivity contribution in [3.8, 4) is 5.75 Å². The number of esters is 1. The highest BCUT2D eigenvalue weighted by atomic mass is 32.1. The molecule has 0 aliphatic heterocycles. The Kier molecular flexibility index (Phi) is 7.01. The van der Waals surface area contributed by atoms with Gasteiger partial charge in [0.05, 0.1) is 19.3 Å². The van der Waals surface area contributed by atoms with E-state index in [4.69, 9.17) is 9.47 Å².